The molecule has 0 amide bonds. The summed E-state index contributed by atoms with van der Waals surface area (Å²) < 4.78 is 0. The van der Waals surface area contributed by atoms with Gasteiger partial charge in [-0.1, -0.05) is 18.2 Å². The predicted molar refractivity (Wildman–Crippen MR) is 60.6 cm³/mol. The third kappa shape index (κ3) is 2.95. The summed E-state index contributed by atoms with van der Waals surface area (Å²) in [5.41, 5.74) is 1.07. The molecule has 2 rings (SSSR count). The van der Waals surface area contributed by atoms with E-state index in [9.17, 15) is 0 Å². The van der Waals surface area contributed by atoms with Crippen LogP contribution in [0.4, 0.5) is 11.6 Å². The fourth-order valence-electron chi connectivity index (χ4n) is 1.17. The van der Waals surface area contributed by atoms with Crippen LogP contribution in [0.1, 0.15) is 0 Å². The Labute approximate surface area is 88.4 Å². The monoisotopic (exact) mass is 200 g/mol. The highest BCUT2D eigenvalue weighted by Gasteiger charge is 1.91. The van der Waals surface area contributed by atoms with E-state index in [0.717, 1.165) is 5.69 Å². The van der Waals surface area contributed by atoms with Gasteiger partial charge in [0.1, 0.15) is 0 Å². The van der Waals surface area contributed by atoms with Gasteiger partial charge in [-0.15, -0.1) is 0 Å². The molecule has 0 aliphatic heterocycles. The van der Waals surface area contributed by atoms with Gasteiger partial charge in [-0.2, -0.15) is 0 Å². The third-order valence-corrected chi connectivity index (χ3v) is 1.88. The van der Waals surface area contributed by atoms with Crippen LogP contribution in [0.15, 0.2) is 48.8 Å². The quantitative estimate of drug-likeness (QED) is 0.741. The van der Waals surface area contributed by atoms with E-state index in [-0.39, 0.29) is 0 Å². The number of nitrogens with zero attached hydrogens (tertiary/aromatic N) is 2. The molecule has 0 atom stereocenters. The summed E-state index contributed by atoms with van der Waals surface area (Å²) in [7, 11) is 0. The molecule has 1 aromatic heterocycles. The lowest BCUT2D eigenvalue weighted by molar-refractivity contribution is 1.09. The van der Waals surface area contributed by atoms with Crippen LogP contribution in [-0.4, -0.2) is 16.6 Å². The van der Waals surface area contributed by atoms with Gasteiger partial charge in [0.2, 0.25) is 5.95 Å². The Morgan fingerprint density at radius 1 is 0.867 bits per heavy atom. The summed E-state index contributed by atoms with van der Waals surface area (Å²) in [4.78, 5) is 8.10. The Bertz CT molecular complexity index is 348. The van der Waals surface area contributed by atoms with E-state index in [1.165, 1.54) is 0 Å². The molecule has 0 spiro atoms. The standard InChI is InChI=1S/C11H12N4/c1-2-5-10(6-3-1)14-9-15-11-12-7-4-8-13-11/h1-8,14H,9H2,(H,12,13,15). The van der Waals surface area contributed by atoms with Gasteiger partial charge in [0.15, 0.2) is 0 Å². The predicted octanol–water partition coefficient (Wildman–Crippen LogP) is 1.96. The summed E-state index contributed by atoms with van der Waals surface area (Å²) in [6.07, 6.45) is 3.41. The van der Waals surface area contributed by atoms with Crippen molar-refractivity contribution in [2.75, 3.05) is 17.3 Å². The highest BCUT2D eigenvalue weighted by molar-refractivity contribution is 5.43. The first kappa shape index (κ1) is 9.45. The van der Waals surface area contributed by atoms with Gasteiger partial charge >= 0.3 is 0 Å². The normalized spacial score (nSPS) is 9.60. The highest BCUT2D eigenvalue weighted by Crippen LogP contribution is 2.04. The number of anilines is 2. The van der Waals surface area contributed by atoms with E-state index in [4.69, 9.17) is 0 Å². The van der Waals surface area contributed by atoms with Crippen LogP contribution in [-0.2, 0) is 0 Å². The molecule has 4 heteroatoms. The van der Waals surface area contributed by atoms with E-state index in [1.807, 2.05) is 30.3 Å². The second-order valence-corrected chi connectivity index (χ2v) is 2.97. The van der Waals surface area contributed by atoms with Crippen LogP contribution in [0.25, 0.3) is 0 Å². The van der Waals surface area contributed by atoms with Gasteiger partial charge in [0, 0.05) is 18.1 Å². The zero-order valence-corrected chi connectivity index (χ0v) is 8.22. The number of hydrogen-bond acceptors (Lipinski definition) is 4. The number of benzene rings is 1. The first-order chi connectivity index (χ1) is 7.45. The molecule has 0 aliphatic rings. The van der Waals surface area contributed by atoms with E-state index in [1.54, 1.807) is 18.5 Å². The van der Waals surface area contributed by atoms with Crippen molar-refractivity contribution >= 4 is 11.6 Å². The summed E-state index contributed by atoms with van der Waals surface area (Å²) >= 11 is 0. The fraction of sp³-hybridized carbons (Fsp3) is 0.0909. The molecule has 4 nitrogen and oxygen atoms in total. The van der Waals surface area contributed by atoms with E-state index < -0.39 is 0 Å². The second kappa shape index (κ2) is 4.95. The minimum absolute atomic E-state index is 0.605. The molecule has 15 heavy (non-hydrogen) atoms. The average molecular weight is 200 g/mol. The number of para-hydroxylation sites is 1. The van der Waals surface area contributed by atoms with Gasteiger partial charge in [0.25, 0.3) is 0 Å². The van der Waals surface area contributed by atoms with Crippen LogP contribution in [0.5, 0.6) is 0 Å². The molecule has 76 valence electrons. The Balaban J connectivity index is 1.81. The lowest BCUT2D eigenvalue weighted by Crippen LogP contribution is -2.13. The Hall–Kier alpha value is -2.10. The van der Waals surface area contributed by atoms with E-state index in [2.05, 4.69) is 20.6 Å². The molecule has 0 saturated heterocycles. The summed E-state index contributed by atoms with van der Waals surface area (Å²) in [6, 6.07) is 11.8. The van der Waals surface area contributed by atoms with Crippen molar-refractivity contribution in [3.05, 3.63) is 48.8 Å². The topological polar surface area (TPSA) is 49.8 Å². The fourth-order valence-corrected chi connectivity index (χ4v) is 1.17. The minimum atomic E-state index is 0.605. The van der Waals surface area contributed by atoms with Gasteiger partial charge < -0.3 is 10.6 Å². The number of rotatable bonds is 4. The molecule has 1 aromatic carbocycles. The maximum absolute atomic E-state index is 4.05. The second-order valence-electron chi connectivity index (χ2n) is 2.97. The van der Waals surface area contributed by atoms with Crippen LogP contribution in [0, 0.1) is 0 Å². The maximum Gasteiger partial charge on any atom is 0.223 e. The van der Waals surface area contributed by atoms with Crippen molar-refractivity contribution in [3.63, 3.8) is 0 Å². The molecule has 0 fully saturated rings. The Morgan fingerprint density at radius 3 is 2.33 bits per heavy atom. The molecule has 0 unspecified atom stereocenters. The van der Waals surface area contributed by atoms with Crippen molar-refractivity contribution in [2.45, 2.75) is 0 Å². The van der Waals surface area contributed by atoms with Gasteiger partial charge in [-0.3, -0.25) is 0 Å². The molecule has 0 bridgehead atoms. The number of aromatic nitrogens is 2. The third-order valence-electron chi connectivity index (χ3n) is 1.88. The van der Waals surface area contributed by atoms with E-state index >= 15 is 0 Å². The lowest BCUT2D eigenvalue weighted by atomic mass is 10.3. The summed E-state index contributed by atoms with van der Waals surface area (Å²) in [6.45, 7) is 0.605. The van der Waals surface area contributed by atoms with Gasteiger partial charge in [-0.05, 0) is 18.2 Å². The zero-order valence-electron chi connectivity index (χ0n) is 8.22. The van der Waals surface area contributed by atoms with Crippen molar-refractivity contribution in [1.82, 2.24) is 9.97 Å². The molecular weight excluding hydrogens is 188 g/mol. The first-order valence-corrected chi connectivity index (χ1v) is 4.75. The van der Waals surface area contributed by atoms with Crippen LogP contribution in [0.2, 0.25) is 0 Å². The van der Waals surface area contributed by atoms with Crippen LogP contribution >= 0.6 is 0 Å². The summed E-state index contributed by atoms with van der Waals surface area (Å²) in [5.74, 6) is 0.626. The van der Waals surface area contributed by atoms with Crippen LogP contribution in [0.3, 0.4) is 0 Å². The molecule has 0 saturated carbocycles. The molecule has 1 heterocycles. The SMILES string of the molecule is c1ccc(NCNc2ncccn2)cc1. The largest absolute Gasteiger partial charge is 0.368 e. The molecule has 2 aromatic rings. The Kier molecular flexibility index (Phi) is 3.12. The molecular formula is C11H12N4. The smallest absolute Gasteiger partial charge is 0.223 e. The zero-order chi connectivity index (χ0) is 10.3. The maximum atomic E-state index is 4.05. The Morgan fingerprint density at radius 2 is 1.60 bits per heavy atom. The lowest BCUT2D eigenvalue weighted by Gasteiger charge is -2.07. The van der Waals surface area contributed by atoms with Crippen molar-refractivity contribution in [1.29, 1.82) is 0 Å². The van der Waals surface area contributed by atoms with Crippen molar-refractivity contribution in [2.24, 2.45) is 0 Å². The summed E-state index contributed by atoms with van der Waals surface area (Å²) in [5, 5.41) is 6.26. The number of nitrogens with one attached hydrogen (secondary N) is 2. The molecule has 0 radical (unpaired) electrons. The van der Waals surface area contributed by atoms with Gasteiger partial charge in [0.05, 0.1) is 6.67 Å². The van der Waals surface area contributed by atoms with Crippen LogP contribution < -0.4 is 10.6 Å². The van der Waals surface area contributed by atoms with Crippen molar-refractivity contribution < 1.29 is 0 Å². The average Bonchev–Trinajstić information content (AvgIpc) is 2.32. The minimum Gasteiger partial charge on any atom is -0.368 e. The molecule has 2 N–H and O–H groups in total. The first-order valence-electron chi connectivity index (χ1n) is 4.75. The number of hydrogen-bond donors (Lipinski definition) is 2. The van der Waals surface area contributed by atoms with Crippen molar-refractivity contribution in [3.8, 4) is 0 Å². The van der Waals surface area contributed by atoms with Gasteiger partial charge in [-0.25, -0.2) is 9.97 Å². The molecule has 0 aliphatic carbocycles. The van der Waals surface area contributed by atoms with E-state index in [0.29, 0.717) is 12.6 Å². The highest BCUT2D eigenvalue weighted by atomic mass is 15.2.